The first-order chi connectivity index (χ1) is 31.2. The Morgan fingerprint density at radius 2 is 0.825 bits per heavy atom. The lowest BCUT2D eigenvalue weighted by atomic mass is 9.67. The molecule has 1 nitrogen and oxygen atoms in total. The Labute approximate surface area is 367 Å². The minimum atomic E-state index is -0.468. The Morgan fingerprint density at radius 1 is 0.333 bits per heavy atom. The zero-order valence-electron chi connectivity index (χ0n) is 34.9. The van der Waals surface area contributed by atoms with Gasteiger partial charge in [-0.15, -0.1) is 0 Å². The second-order valence-corrected chi connectivity index (χ2v) is 16.8. The van der Waals surface area contributed by atoms with Crippen LogP contribution in [0.25, 0.3) is 87.6 Å². The highest BCUT2D eigenvalue weighted by Crippen LogP contribution is 2.57. The SMILES string of the molecule is Cc1ccccc1.c1ccc(C2(c3ccccc3)c3ccccc3-c3ccc(-c4c5ccccc5c(-c5ccc6oc7c8ccccc8ccc7c6c5)c5ccccc45)cc32)cc1. The van der Waals surface area contributed by atoms with Crippen molar-refractivity contribution in [1.29, 1.82) is 0 Å². The quantitative estimate of drug-likeness (QED) is 0.162. The van der Waals surface area contributed by atoms with E-state index in [2.05, 4.69) is 225 Å². The molecule has 0 N–H and O–H groups in total. The fourth-order valence-electron chi connectivity index (χ4n) is 10.5. The topological polar surface area (TPSA) is 13.1 Å². The molecule has 0 atom stereocenters. The summed E-state index contributed by atoms with van der Waals surface area (Å²) < 4.78 is 6.55. The zero-order valence-corrected chi connectivity index (χ0v) is 34.9. The van der Waals surface area contributed by atoms with E-state index in [-0.39, 0.29) is 0 Å². The van der Waals surface area contributed by atoms with Gasteiger partial charge in [0.1, 0.15) is 11.2 Å². The summed E-state index contributed by atoms with van der Waals surface area (Å²) in [5, 5.41) is 9.56. The maximum absolute atomic E-state index is 6.55. The van der Waals surface area contributed by atoms with Gasteiger partial charge in [-0.25, -0.2) is 0 Å². The lowest BCUT2D eigenvalue weighted by Crippen LogP contribution is -2.28. The molecule has 0 saturated heterocycles. The Kier molecular flexibility index (Phi) is 8.69. The van der Waals surface area contributed by atoms with Crippen molar-refractivity contribution in [1.82, 2.24) is 0 Å². The second kappa shape index (κ2) is 14.9. The number of hydrogen-bond acceptors (Lipinski definition) is 1. The third-order valence-corrected chi connectivity index (χ3v) is 13.3. The summed E-state index contributed by atoms with van der Waals surface area (Å²) in [5.74, 6) is 0. The summed E-state index contributed by atoms with van der Waals surface area (Å²) in [7, 11) is 0. The molecule has 1 aliphatic rings. The molecule has 12 aromatic rings. The van der Waals surface area contributed by atoms with Crippen LogP contribution >= 0.6 is 0 Å². The third kappa shape index (κ3) is 5.78. The van der Waals surface area contributed by atoms with Crippen molar-refractivity contribution in [2.45, 2.75) is 12.3 Å². The standard InChI is InChI=1S/C55H34O.C7H8/c1-3-16-38(17-4-1)55(39-18-5-2-6-19-39)49-26-14-13-21-41(49)42-30-28-37(34-50(42)55)53-45-24-11-9-22-43(45)52(44-23-10-12-25-46(44)53)36-29-32-51-48(33-36)47-31-27-35-15-7-8-20-40(35)54(47)56-51;1-7-5-3-2-4-6-7/h1-34H;2-6H,1H3. The van der Waals surface area contributed by atoms with Gasteiger partial charge in [-0.3, -0.25) is 0 Å². The van der Waals surface area contributed by atoms with Crippen LogP contribution in [-0.4, -0.2) is 0 Å². The average molecular weight is 803 g/mol. The van der Waals surface area contributed by atoms with Crippen molar-refractivity contribution in [3.63, 3.8) is 0 Å². The Bertz CT molecular complexity index is 3580. The molecule has 0 spiro atoms. The van der Waals surface area contributed by atoms with E-state index < -0.39 is 5.41 Å². The van der Waals surface area contributed by atoms with Crippen LogP contribution in [0.2, 0.25) is 0 Å². The van der Waals surface area contributed by atoms with Crippen LogP contribution in [0.5, 0.6) is 0 Å². The van der Waals surface area contributed by atoms with Crippen molar-refractivity contribution >= 4 is 54.3 Å². The van der Waals surface area contributed by atoms with Crippen LogP contribution in [0.3, 0.4) is 0 Å². The van der Waals surface area contributed by atoms with Gasteiger partial charge in [0, 0.05) is 16.2 Å². The molecular formula is C62H42O. The molecule has 296 valence electrons. The summed E-state index contributed by atoms with van der Waals surface area (Å²) in [4.78, 5) is 0. The lowest BCUT2D eigenvalue weighted by Gasteiger charge is -2.34. The van der Waals surface area contributed by atoms with Gasteiger partial charge in [0.15, 0.2) is 0 Å². The van der Waals surface area contributed by atoms with E-state index in [1.165, 1.54) is 88.1 Å². The lowest BCUT2D eigenvalue weighted by molar-refractivity contribution is 0.672. The molecule has 0 bridgehead atoms. The van der Waals surface area contributed by atoms with Gasteiger partial charge in [-0.1, -0.05) is 218 Å². The molecule has 11 aromatic carbocycles. The minimum Gasteiger partial charge on any atom is -0.455 e. The van der Waals surface area contributed by atoms with Crippen molar-refractivity contribution in [2.75, 3.05) is 0 Å². The maximum Gasteiger partial charge on any atom is 0.143 e. The van der Waals surface area contributed by atoms with E-state index in [9.17, 15) is 0 Å². The largest absolute Gasteiger partial charge is 0.455 e. The zero-order chi connectivity index (χ0) is 41.9. The third-order valence-electron chi connectivity index (χ3n) is 13.3. The number of benzene rings is 11. The first-order valence-electron chi connectivity index (χ1n) is 21.8. The first-order valence-corrected chi connectivity index (χ1v) is 21.8. The van der Waals surface area contributed by atoms with E-state index in [1.54, 1.807) is 0 Å². The first kappa shape index (κ1) is 36.8. The van der Waals surface area contributed by atoms with Crippen LogP contribution < -0.4 is 0 Å². The van der Waals surface area contributed by atoms with Gasteiger partial charge in [0.05, 0.1) is 5.41 Å². The Morgan fingerprint density at radius 3 is 1.43 bits per heavy atom. The molecule has 1 aromatic heterocycles. The molecule has 1 heteroatoms. The molecule has 0 radical (unpaired) electrons. The van der Waals surface area contributed by atoms with E-state index in [0.29, 0.717) is 0 Å². The number of aryl methyl sites for hydroxylation is 1. The van der Waals surface area contributed by atoms with Crippen molar-refractivity contribution in [3.05, 3.63) is 264 Å². The Hall–Kier alpha value is -8.00. The second-order valence-electron chi connectivity index (χ2n) is 16.8. The van der Waals surface area contributed by atoms with E-state index in [4.69, 9.17) is 4.42 Å². The molecule has 1 aliphatic carbocycles. The molecule has 0 amide bonds. The fourth-order valence-corrected chi connectivity index (χ4v) is 10.5. The molecule has 0 saturated carbocycles. The van der Waals surface area contributed by atoms with Crippen LogP contribution in [0.4, 0.5) is 0 Å². The van der Waals surface area contributed by atoms with Crippen molar-refractivity contribution in [2.24, 2.45) is 0 Å². The number of hydrogen-bond donors (Lipinski definition) is 0. The highest BCUT2D eigenvalue weighted by molar-refractivity contribution is 6.23. The minimum absolute atomic E-state index is 0.468. The number of rotatable bonds is 4. The number of fused-ring (bicyclic) bond motifs is 10. The highest BCUT2D eigenvalue weighted by atomic mass is 16.3. The van der Waals surface area contributed by atoms with Gasteiger partial charge < -0.3 is 4.42 Å². The number of furan rings is 1. The average Bonchev–Trinajstić information content (AvgIpc) is 3.88. The van der Waals surface area contributed by atoms with Gasteiger partial charge in [0.2, 0.25) is 0 Å². The van der Waals surface area contributed by atoms with Crippen LogP contribution in [0, 0.1) is 6.92 Å². The van der Waals surface area contributed by atoms with Crippen molar-refractivity contribution in [3.8, 4) is 33.4 Å². The predicted molar refractivity (Wildman–Crippen MR) is 266 cm³/mol. The highest BCUT2D eigenvalue weighted by Gasteiger charge is 2.46. The molecule has 1 heterocycles. The molecule has 0 aliphatic heterocycles. The van der Waals surface area contributed by atoms with Crippen molar-refractivity contribution < 1.29 is 4.42 Å². The van der Waals surface area contributed by atoms with Gasteiger partial charge in [-0.2, -0.15) is 0 Å². The molecule has 13 rings (SSSR count). The van der Waals surface area contributed by atoms with Crippen LogP contribution in [0.1, 0.15) is 27.8 Å². The maximum atomic E-state index is 6.55. The van der Waals surface area contributed by atoms with Gasteiger partial charge in [0.25, 0.3) is 0 Å². The Balaban J connectivity index is 0.000000552. The summed E-state index contributed by atoms with van der Waals surface area (Å²) in [6.45, 7) is 2.08. The normalized spacial score (nSPS) is 12.7. The molecular weight excluding hydrogens is 761 g/mol. The monoisotopic (exact) mass is 802 g/mol. The molecule has 0 fully saturated rings. The molecule has 63 heavy (non-hydrogen) atoms. The summed E-state index contributed by atoms with van der Waals surface area (Å²) in [6, 6.07) is 86.2. The van der Waals surface area contributed by atoms with E-state index >= 15 is 0 Å². The van der Waals surface area contributed by atoms with Gasteiger partial charge >= 0.3 is 0 Å². The fraction of sp³-hybridized carbons (Fsp3) is 0.0323. The molecule has 0 unspecified atom stereocenters. The summed E-state index contributed by atoms with van der Waals surface area (Å²) in [5.41, 5.74) is 15.4. The smallest absolute Gasteiger partial charge is 0.143 e. The van der Waals surface area contributed by atoms with Crippen LogP contribution in [0.15, 0.2) is 241 Å². The van der Waals surface area contributed by atoms with Crippen LogP contribution in [-0.2, 0) is 5.41 Å². The van der Waals surface area contributed by atoms with Gasteiger partial charge in [-0.05, 0) is 114 Å². The predicted octanol–water partition coefficient (Wildman–Crippen LogP) is 16.7. The van der Waals surface area contributed by atoms with E-state index in [1.807, 2.05) is 18.2 Å². The van der Waals surface area contributed by atoms with E-state index in [0.717, 1.165) is 27.3 Å². The summed E-state index contributed by atoms with van der Waals surface area (Å²) in [6.07, 6.45) is 0. The summed E-state index contributed by atoms with van der Waals surface area (Å²) >= 11 is 0.